The van der Waals surface area contributed by atoms with Crippen LogP contribution in [0.15, 0.2) is 36.8 Å². The first-order valence-electron chi connectivity index (χ1n) is 4.44. The Hall–Kier alpha value is -2.50. The molecule has 0 amide bonds. The summed E-state index contributed by atoms with van der Waals surface area (Å²) in [6.07, 6.45) is 3.58. The molecule has 1 aromatic heterocycles. The first-order valence-corrected chi connectivity index (χ1v) is 4.44. The molecule has 1 heterocycles. The first-order chi connectivity index (χ1) is 7.72. The fraction of sp³-hybridized carbons (Fsp3) is 0. The lowest BCUT2D eigenvalue weighted by Crippen LogP contribution is -1.97. The number of nitrogens with zero attached hydrogens (tertiary/aromatic N) is 3. The van der Waals surface area contributed by atoms with E-state index in [1.165, 1.54) is 24.7 Å². The van der Waals surface area contributed by atoms with Gasteiger partial charge in [-0.1, -0.05) is 0 Å². The maximum Gasteiger partial charge on any atom is 0.269 e. The number of aromatic nitrogens is 2. The summed E-state index contributed by atoms with van der Waals surface area (Å²) in [6, 6.07) is 5.88. The molecule has 0 aliphatic rings. The van der Waals surface area contributed by atoms with Crippen molar-refractivity contribution in [1.29, 1.82) is 0 Å². The van der Waals surface area contributed by atoms with Gasteiger partial charge >= 0.3 is 0 Å². The Bertz CT molecular complexity index is 530. The van der Waals surface area contributed by atoms with Crippen molar-refractivity contribution in [2.24, 2.45) is 0 Å². The Labute approximate surface area is 90.3 Å². The van der Waals surface area contributed by atoms with Crippen LogP contribution in [0.1, 0.15) is 10.5 Å². The Morgan fingerprint density at radius 1 is 1.31 bits per heavy atom. The second-order valence-electron chi connectivity index (χ2n) is 3.08. The van der Waals surface area contributed by atoms with Gasteiger partial charge in [-0.3, -0.25) is 19.5 Å². The maximum absolute atomic E-state index is 10.7. The summed E-state index contributed by atoms with van der Waals surface area (Å²) in [6.45, 7) is 0. The minimum Gasteiger partial charge on any atom is -0.296 e. The van der Waals surface area contributed by atoms with Crippen molar-refractivity contribution in [3.8, 4) is 5.69 Å². The third-order valence-electron chi connectivity index (χ3n) is 2.13. The summed E-state index contributed by atoms with van der Waals surface area (Å²) in [5.41, 5.74) is 1.07. The molecule has 0 spiro atoms. The number of nitro benzene ring substituents is 1. The highest BCUT2D eigenvalue weighted by Crippen LogP contribution is 2.15. The summed E-state index contributed by atoms with van der Waals surface area (Å²) in [5.74, 6) is 0. The number of nitro groups is 1. The predicted octanol–water partition coefficient (Wildman–Crippen LogP) is 1.59. The van der Waals surface area contributed by atoms with E-state index in [4.69, 9.17) is 0 Å². The molecule has 0 radical (unpaired) electrons. The molecule has 1 aromatic carbocycles. The molecule has 0 fully saturated rings. The molecule has 0 atom stereocenters. The highest BCUT2D eigenvalue weighted by Gasteiger charge is 2.06. The zero-order valence-corrected chi connectivity index (χ0v) is 8.11. The lowest BCUT2D eigenvalue weighted by atomic mass is 10.3. The zero-order chi connectivity index (χ0) is 11.5. The third-order valence-corrected chi connectivity index (χ3v) is 2.13. The number of aldehydes is 1. The average Bonchev–Trinajstić information content (AvgIpc) is 2.77. The summed E-state index contributed by atoms with van der Waals surface area (Å²) in [7, 11) is 0. The summed E-state index contributed by atoms with van der Waals surface area (Å²) < 4.78 is 1.55. The van der Waals surface area contributed by atoms with Gasteiger partial charge in [0.2, 0.25) is 0 Å². The van der Waals surface area contributed by atoms with Crippen LogP contribution < -0.4 is 0 Å². The van der Waals surface area contributed by atoms with Gasteiger partial charge < -0.3 is 0 Å². The van der Waals surface area contributed by atoms with Crippen LogP contribution in [0.2, 0.25) is 0 Å². The smallest absolute Gasteiger partial charge is 0.269 e. The van der Waals surface area contributed by atoms with Crippen molar-refractivity contribution >= 4 is 12.0 Å². The van der Waals surface area contributed by atoms with E-state index < -0.39 is 4.92 Å². The van der Waals surface area contributed by atoms with Gasteiger partial charge in [-0.2, -0.15) is 0 Å². The van der Waals surface area contributed by atoms with Gasteiger partial charge in [0.25, 0.3) is 5.69 Å². The molecule has 16 heavy (non-hydrogen) atoms. The van der Waals surface area contributed by atoms with Gasteiger partial charge in [0.15, 0.2) is 6.29 Å². The molecule has 0 saturated heterocycles. The Balaban J connectivity index is 2.42. The van der Waals surface area contributed by atoms with Crippen molar-refractivity contribution in [2.75, 3.05) is 0 Å². The summed E-state index contributed by atoms with van der Waals surface area (Å²) in [4.78, 5) is 24.5. The van der Waals surface area contributed by atoms with Crippen LogP contribution in [0.5, 0.6) is 0 Å². The van der Waals surface area contributed by atoms with E-state index in [1.54, 1.807) is 16.7 Å². The normalized spacial score (nSPS) is 10.0. The fourth-order valence-electron chi connectivity index (χ4n) is 1.34. The van der Waals surface area contributed by atoms with Gasteiger partial charge in [0.1, 0.15) is 5.69 Å². The van der Waals surface area contributed by atoms with Crippen LogP contribution in [-0.4, -0.2) is 20.8 Å². The number of imidazole rings is 1. The van der Waals surface area contributed by atoms with E-state index in [-0.39, 0.29) is 5.69 Å². The Morgan fingerprint density at radius 3 is 2.56 bits per heavy atom. The highest BCUT2D eigenvalue weighted by atomic mass is 16.6. The monoisotopic (exact) mass is 217 g/mol. The molecule has 0 N–H and O–H groups in total. The molecular formula is C10H7N3O3. The summed E-state index contributed by atoms with van der Waals surface area (Å²) >= 11 is 0. The molecule has 0 bridgehead atoms. The topological polar surface area (TPSA) is 78.0 Å². The number of non-ortho nitro benzene ring substituents is 1. The van der Waals surface area contributed by atoms with E-state index in [1.807, 2.05) is 0 Å². The van der Waals surface area contributed by atoms with Crippen molar-refractivity contribution < 1.29 is 9.72 Å². The van der Waals surface area contributed by atoms with Gasteiger partial charge in [-0.05, 0) is 12.1 Å². The second-order valence-corrected chi connectivity index (χ2v) is 3.08. The van der Waals surface area contributed by atoms with Gasteiger partial charge in [0.05, 0.1) is 17.4 Å². The van der Waals surface area contributed by atoms with Gasteiger partial charge in [-0.15, -0.1) is 0 Å². The number of rotatable bonds is 3. The van der Waals surface area contributed by atoms with Crippen molar-refractivity contribution in [1.82, 2.24) is 9.55 Å². The Kier molecular flexibility index (Phi) is 2.47. The molecule has 0 saturated carbocycles. The maximum atomic E-state index is 10.7. The zero-order valence-electron chi connectivity index (χ0n) is 8.11. The molecule has 80 valence electrons. The fourth-order valence-corrected chi connectivity index (χ4v) is 1.34. The van der Waals surface area contributed by atoms with Crippen molar-refractivity contribution in [3.63, 3.8) is 0 Å². The molecule has 2 aromatic rings. The Morgan fingerprint density at radius 2 is 2.00 bits per heavy atom. The summed E-state index contributed by atoms with van der Waals surface area (Å²) in [5, 5.41) is 10.5. The second kappa shape index (κ2) is 3.93. The minimum absolute atomic E-state index is 0.0107. The van der Waals surface area contributed by atoms with Gasteiger partial charge in [0, 0.05) is 17.8 Å². The molecule has 6 nitrogen and oxygen atoms in total. The van der Waals surface area contributed by atoms with E-state index in [9.17, 15) is 14.9 Å². The van der Waals surface area contributed by atoms with Crippen LogP contribution >= 0.6 is 0 Å². The number of hydrogen-bond donors (Lipinski definition) is 0. The average molecular weight is 217 g/mol. The molecule has 2 rings (SSSR count). The van der Waals surface area contributed by atoms with Crippen LogP contribution in [0, 0.1) is 10.1 Å². The quantitative estimate of drug-likeness (QED) is 0.444. The lowest BCUT2D eigenvalue weighted by Gasteiger charge is -2.02. The largest absolute Gasteiger partial charge is 0.296 e. The van der Waals surface area contributed by atoms with E-state index in [2.05, 4.69) is 4.98 Å². The van der Waals surface area contributed by atoms with Crippen LogP contribution in [0.4, 0.5) is 5.69 Å². The third kappa shape index (κ3) is 1.68. The molecule has 0 aliphatic carbocycles. The molecular weight excluding hydrogens is 210 g/mol. The van der Waals surface area contributed by atoms with Crippen LogP contribution in [0.3, 0.4) is 0 Å². The number of carbonyl (C=O) groups is 1. The van der Waals surface area contributed by atoms with Crippen LogP contribution in [0.25, 0.3) is 5.69 Å². The molecule has 0 aliphatic heterocycles. The van der Waals surface area contributed by atoms with Crippen molar-refractivity contribution in [3.05, 3.63) is 52.6 Å². The number of carbonyl (C=O) groups excluding carboxylic acids is 1. The lowest BCUT2D eigenvalue weighted by molar-refractivity contribution is -0.384. The van der Waals surface area contributed by atoms with E-state index >= 15 is 0 Å². The molecule has 0 unspecified atom stereocenters. The SMILES string of the molecule is O=Cc1cncn1-c1ccc([N+](=O)[O-])cc1. The number of benzene rings is 1. The standard InChI is InChI=1S/C10H7N3O3/c14-6-10-5-11-7-12(10)8-1-3-9(4-2-8)13(15)16/h1-7H. The van der Waals surface area contributed by atoms with Crippen LogP contribution in [-0.2, 0) is 0 Å². The first kappa shape index (κ1) is 10.0. The highest BCUT2D eigenvalue weighted by molar-refractivity contribution is 5.73. The molecule has 6 heteroatoms. The van der Waals surface area contributed by atoms with Crippen molar-refractivity contribution in [2.45, 2.75) is 0 Å². The predicted molar refractivity (Wildman–Crippen MR) is 55.6 cm³/mol. The number of hydrogen-bond acceptors (Lipinski definition) is 4. The van der Waals surface area contributed by atoms with E-state index in [0.29, 0.717) is 17.7 Å². The minimum atomic E-state index is -0.474. The van der Waals surface area contributed by atoms with Gasteiger partial charge in [-0.25, -0.2) is 4.98 Å². The van der Waals surface area contributed by atoms with E-state index in [0.717, 1.165) is 0 Å².